The van der Waals surface area contributed by atoms with Crippen LogP contribution in [0.4, 0.5) is 0 Å². The Morgan fingerprint density at radius 1 is 1.41 bits per heavy atom. The Kier molecular flexibility index (Phi) is 5.70. The molecule has 2 saturated heterocycles. The van der Waals surface area contributed by atoms with Crippen molar-refractivity contribution in [2.24, 2.45) is 5.73 Å². The molecule has 0 bridgehead atoms. The lowest BCUT2D eigenvalue weighted by molar-refractivity contribution is -0.135. The predicted octanol–water partition coefficient (Wildman–Crippen LogP) is 0.842. The maximum Gasteiger partial charge on any atom is 0.239 e. The van der Waals surface area contributed by atoms with Gasteiger partial charge in [0.2, 0.25) is 5.91 Å². The minimum atomic E-state index is -0.280. The summed E-state index contributed by atoms with van der Waals surface area (Å²) in [6, 6.07) is 0.324. The number of nitrogens with two attached hydrogens (primary N) is 1. The van der Waals surface area contributed by atoms with E-state index in [2.05, 4.69) is 11.8 Å². The highest BCUT2D eigenvalue weighted by atomic mass is 35.5. The van der Waals surface area contributed by atoms with Crippen LogP contribution in [0, 0.1) is 0 Å². The first-order valence-corrected chi connectivity index (χ1v) is 6.50. The lowest BCUT2D eigenvalue weighted by atomic mass is 10.1. The van der Waals surface area contributed by atoms with Crippen LogP contribution >= 0.6 is 12.4 Å². The van der Waals surface area contributed by atoms with E-state index in [1.165, 1.54) is 19.4 Å². The fourth-order valence-corrected chi connectivity index (χ4v) is 2.86. The Morgan fingerprint density at radius 3 is 2.88 bits per heavy atom. The maximum atomic E-state index is 12.1. The number of carbonyl (C=O) groups excluding carboxylic acids is 1. The number of carbonyl (C=O) groups is 1. The third kappa shape index (κ3) is 3.33. The molecule has 2 aliphatic heterocycles. The van der Waals surface area contributed by atoms with Crippen molar-refractivity contribution < 1.29 is 4.79 Å². The van der Waals surface area contributed by atoms with Crippen LogP contribution in [0.3, 0.4) is 0 Å². The minimum Gasteiger partial charge on any atom is -0.338 e. The van der Waals surface area contributed by atoms with Gasteiger partial charge in [-0.05, 0) is 25.8 Å². The van der Waals surface area contributed by atoms with Gasteiger partial charge in [-0.2, -0.15) is 0 Å². The van der Waals surface area contributed by atoms with Crippen LogP contribution < -0.4 is 5.73 Å². The average Bonchev–Trinajstić information content (AvgIpc) is 2.75. The second-order valence-electron chi connectivity index (χ2n) is 5.01. The van der Waals surface area contributed by atoms with Gasteiger partial charge in [-0.25, -0.2) is 0 Å². The number of rotatable bonds is 3. The minimum absolute atomic E-state index is 0. The molecule has 2 rings (SSSR count). The first-order valence-electron chi connectivity index (χ1n) is 6.50. The van der Waals surface area contributed by atoms with E-state index in [1.54, 1.807) is 0 Å². The SMILES string of the molecule is CCCC(N)C(=O)N1CCN2CCCC2C1.Cl. The first kappa shape index (κ1) is 14.7. The van der Waals surface area contributed by atoms with E-state index in [1.807, 2.05) is 4.90 Å². The molecule has 0 aliphatic carbocycles. The van der Waals surface area contributed by atoms with E-state index in [-0.39, 0.29) is 24.4 Å². The molecule has 0 aromatic carbocycles. The molecule has 0 saturated carbocycles. The van der Waals surface area contributed by atoms with Crippen molar-refractivity contribution in [2.75, 3.05) is 26.2 Å². The van der Waals surface area contributed by atoms with Gasteiger partial charge < -0.3 is 10.6 Å². The van der Waals surface area contributed by atoms with Gasteiger partial charge in [0.1, 0.15) is 0 Å². The summed E-state index contributed by atoms with van der Waals surface area (Å²) in [5.74, 6) is 0.161. The molecule has 0 spiro atoms. The smallest absolute Gasteiger partial charge is 0.239 e. The van der Waals surface area contributed by atoms with Crippen LogP contribution in [-0.4, -0.2) is 54.0 Å². The number of amides is 1. The third-order valence-corrected chi connectivity index (χ3v) is 3.82. The summed E-state index contributed by atoms with van der Waals surface area (Å²) in [7, 11) is 0. The fourth-order valence-electron chi connectivity index (χ4n) is 2.86. The summed E-state index contributed by atoms with van der Waals surface area (Å²) in [5, 5.41) is 0. The summed E-state index contributed by atoms with van der Waals surface area (Å²) in [6.45, 7) is 6.09. The summed E-state index contributed by atoms with van der Waals surface area (Å²) >= 11 is 0. The Bertz CT molecular complexity index is 262. The van der Waals surface area contributed by atoms with Gasteiger partial charge in [0, 0.05) is 25.7 Å². The fraction of sp³-hybridized carbons (Fsp3) is 0.917. The molecule has 2 aliphatic rings. The quantitative estimate of drug-likeness (QED) is 0.819. The van der Waals surface area contributed by atoms with E-state index in [0.29, 0.717) is 6.04 Å². The predicted molar refractivity (Wildman–Crippen MR) is 71.3 cm³/mol. The van der Waals surface area contributed by atoms with E-state index in [9.17, 15) is 4.79 Å². The first-order chi connectivity index (χ1) is 7.72. The van der Waals surface area contributed by atoms with Crippen molar-refractivity contribution in [1.29, 1.82) is 0 Å². The lowest BCUT2D eigenvalue weighted by Crippen LogP contribution is -2.55. The molecule has 5 heteroatoms. The molecule has 0 aromatic rings. The van der Waals surface area contributed by atoms with Crippen molar-refractivity contribution in [3.63, 3.8) is 0 Å². The molecule has 0 radical (unpaired) electrons. The van der Waals surface area contributed by atoms with Crippen LogP contribution in [0.15, 0.2) is 0 Å². The molecule has 2 fully saturated rings. The van der Waals surface area contributed by atoms with Crippen molar-refractivity contribution >= 4 is 18.3 Å². The number of halogens is 1. The molecule has 2 atom stereocenters. The third-order valence-electron chi connectivity index (χ3n) is 3.82. The van der Waals surface area contributed by atoms with Gasteiger partial charge >= 0.3 is 0 Å². The second kappa shape index (κ2) is 6.57. The molecule has 0 aromatic heterocycles. The lowest BCUT2D eigenvalue weighted by Gasteiger charge is -2.38. The Labute approximate surface area is 110 Å². The van der Waals surface area contributed by atoms with Crippen LogP contribution in [0.2, 0.25) is 0 Å². The van der Waals surface area contributed by atoms with Gasteiger partial charge in [0.05, 0.1) is 6.04 Å². The van der Waals surface area contributed by atoms with Crippen molar-refractivity contribution in [1.82, 2.24) is 9.80 Å². The summed E-state index contributed by atoms with van der Waals surface area (Å²) < 4.78 is 0. The van der Waals surface area contributed by atoms with Gasteiger partial charge in [-0.1, -0.05) is 13.3 Å². The van der Waals surface area contributed by atoms with Crippen molar-refractivity contribution in [3.8, 4) is 0 Å². The molecular weight excluding hydrogens is 238 g/mol. The van der Waals surface area contributed by atoms with Crippen LogP contribution in [0.25, 0.3) is 0 Å². The Morgan fingerprint density at radius 2 is 2.18 bits per heavy atom. The molecule has 1 amide bonds. The van der Waals surface area contributed by atoms with Crippen LogP contribution in [-0.2, 0) is 4.79 Å². The van der Waals surface area contributed by atoms with Gasteiger partial charge in [0.15, 0.2) is 0 Å². The maximum absolute atomic E-state index is 12.1. The highest BCUT2D eigenvalue weighted by Crippen LogP contribution is 2.21. The molecule has 2 unspecified atom stereocenters. The zero-order valence-electron chi connectivity index (χ0n) is 10.6. The second-order valence-corrected chi connectivity index (χ2v) is 5.01. The highest BCUT2D eigenvalue weighted by molar-refractivity contribution is 5.85. The van der Waals surface area contributed by atoms with Crippen molar-refractivity contribution in [3.05, 3.63) is 0 Å². The summed E-state index contributed by atoms with van der Waals surface area (Å²) in [6.07, 6.45) is 4.32. The van der Waals surface area contributed by atoms with Gasteiger partial charge in [-0.15, -0.1) is 12.4 Å². The molecule has 100 valence electrons. The molecular formula is C12H24ClN3O. The van der Waals surface area contributed by atoms with Gasteiger partial charge in [0.25, 0.3) is 0 Å². The monoisotopic (exact) mass is 261 g/mol. The molecule has 2 N–H and O–H groups in total. The Hall–Kier alpha value is -0.320. The average molecular weight is 262 g/mol. The number of hydrogen-bond donors (Lipinski definition) is 1. The number of fused-ring (bicyclic) bond motifs is 1. The van der Waals surface area contributed by atoms with Crippen LogP contribution in [0.5, 0.6) is 0 Å². The van der Waals surface area contributed by atoms with Crippen LogP contribution in [0.1, 0.15) is 32.6 Å². The standard InChI is InChI=1S/C12H23N3O.ClH/c1-2-4-11(13)12(16)15-8-7-14-6-3-5-10(14)9-15;/h10-11H,2-9,13H2,1H3;1H. The van der Waals surface area contributed by atoms with E-state index >= 15 is 0 Å². The zero-order valence-corrected chi connectivity index (χ0v) is 11.4. The van der Waals surface area contributed by atoms with Gasteiger partial charge in [-0.3, -0.25) is 9.69 Å². The van der Waals surface area contributed by atoms with E-state index in [4.69, 9.17) is 5.73 Å². The number of hydrogen-bond acceptors (Lipinski definition) is 3. The zero-order chi connectivity index (χ0) is 11.5. The van der Waals surface area contributed by atoms with E-state index < -0.39 is 0 Å². The molecule has 2 heterocycles. The summed E-state index contributed by atoms with van der Waals surface area (Å²) in [4.78, 5) is 16.5. The highest BCUT2D eigenvalue weighted by Gasteiger charge is 2.33. The molecule has 17 heavy (non-hydrogen) atoms. The Balaban J connectivity index is 0.00000144. The largest absolute Gasteiger partial charge is 0.338 e. The van der Waals surface area contributed by atoms with E-state index in [0.717, 1.165) is 32.5 Å². The van der Waals surface area contributed by atoms with Crippen molar-refractivity contribution in [2.45, 2.75) is 44.7 Å². The number of piperazine rings is 1. The normalized spacial score (nSPS) is 26.2. The molecule has 4 nitrogen and oxygen atoms in total. The summed E-state index contributed by atoms with van der Waals surface area (Å²) in [5.41, 5.74) is 5.89. The number of nitrogens with zero attached hydrogens (tertiary/aromatic N) is 2. The topological polar surface area (TPSA) is 49.6 Å².